The average molecular weight is 299 g/mol. The SMILES string of the molecule is Cc1cc(-c2ccccc2)c(C(=O)Cl)cc1C(F)(F)F. The lowest BCUT2D eigenvalue weighted by Crippen LogP contribution is -2.10. The van der Waals surface area contributed by atoms with Crippen molar-refractivity contribution in [1.29, 1.82) is 0 Å². The van der Waals surface area contributed by atoms with Crippen LogP contribution >= 0.6 is 11.6 Å². The molecule has 2 rings (SSSR count). The molecule has 0 bridgehead atoms. The van der Waals surface area contributed by atoms with E-state index in [0.29, 0.717) is 11.1 Å². The van der Waals surface area contributed by atoms with Crippen LogP contribution in [0.3, 0.4) is 0 Å². The summed E-state index contributed by atoms with van der Waals surface area (Å²) in [6.07, 6.45) is -4.51. The fourth-order valence-electron chi connectivity index (χ4n) is 2.03. The number of carbonyl (C=O) groups excluding carboxylic acids is 1. The van der Waals surface area contributed by atoms with Gasteiger partial charge in [-0.05, 0) is 41.3 Å². The molecule has 0 radical (unpaired) electrons. The normalized spacial score (nSPS) is 11.4. The highest BCUT2D eigenvalue weighted by Gasteiger charge is 2.33. The van der Waals surface area contributed by atoms with Gasteiger partial charge in [0.05, 0.1) is 5.56 Å². The van der Waals surface area contributed by atoms with Crippen molar-refractivity contribution in [3.8, 4) is 11.1 Å². The van der Waals surface area contributed by atoms with E-state index in [0.717, 1.165) is 6.07 Å². The van der Waals surface area contributed by atoms with E-state index in [1.807, 2.05) is 0 Å². The molecule has 0 aliphatic heterocycles. The van der Waals surface area contributed by atoms with Gasteiger partial charge in [0.2, 0.25) is 0 Å². The van der Waals surface area contributed by atoms with E-state index in [1.165, 1.54) is 13.0 Å². The Balaban J connectivity index is 2.71. The standard InChI is InChI=1S/C15H10ClF3O/c1-9-7-11(10-5-3-2-4-6-10)12(14(16)20)8-13(9)15(17,18)19/h2-8H,1H3. The lowest BCUT2D eigenvalue weighted by Gasteiger charge is -2.14. The maximum Gasteiger partial charge on any atom is 0.416 e. The monoisotopic (exact) mass is 298 g/mol. The van der Waals surface area contributed by atoms with Gasteiger partial charge in [0.1, 0.15) is 0 Å². The Morgan fingerprint density at radius 3 is 2.20 bits per heavy atom. The molecular weight excluding hydrogens is 289 g/mol. The first kappa shape index (κ1) is 14.6. The van der Waals surface area contributed by atoms with Crippen LogP contribution in [0.1, 0.15) is 21.5 Å². The quantitative estimate of drug-likeness (QED) is 0.708. The topological polar surface area (TPSA) is 17.1 Å². The summed E-state index contributed by atoms with van der Waals surface area (Å²) in [5, 5.41) is -0.908. The summed E-state index contributed by atoms with van der Waals surface area (Å²) < 4.78 is 38.6. The molecule has 0 spiro atoms. The zero-order chi connectivity index (χ0) is 14.9. The van der Waals surface area contributed by atoms with Gasteiger partial charge in [0.15, 0.2) is 0 Å². The van der Waals surface area contributed by atoms with E-state index in [2.05, 4.69) is 0 Å². The number of hydrogen-bond donors (Lipinski definition) is 0. The number of carbonyl (C=O) groups is 1. The van der Waals surface area contributed by atoms with Crippen molar-refractivity contribution >= 4 is 16.8 Å². The molecule has 0 heterocycles. The van der Waals surface area contributed by atoms with Crippen LogP contribution in [0.4, 0.5) is 13.2 Å². The molecule has 5 heteroatoms. The van der Waals surface area contributed by atoms with Gasteiger partial charge in [-0.15, -0.1) is 0 Å². The molecule has 0 aliphatic carbocycles. The van der Waals surface area contributed by atoms with Crippen molar-refractivity contribution in [2.75, 3.05) is 0 Å². The number of benzene rings is 2. The van der Waals surface area contributed by atoms with Crippen LogP contribution in [0.5, 0.6) is 0 Å². The molecule has 0 aliphatic rings. The molecular formula is C15H10ClF3O. The highest BCUT2D eigenvalue weighted by molar-refractivity contribution is 6.68. The molecule has 2 aromatic rings. The Labute approximate surface area is 119 Å². The summed E-state index contributed by atoms with van der Waals surface area (Å²) in [5.41, 5.74) is 0.111. The molecule has 1 nitrogen and oxygen atoms in total. The van der Waals surface area contributed by atoms with E-state index >= 15 is 0 Å². The first-order valence-electron chi connectivity index (χ1n) is 5.78. The number of halogens is 4. The Morgan fingerprint density at radius 2 is 1.70 bits per heavy atom. The van der Waals surface area contributed by atoms with Gasteiger partial charge in [0.25, 0.3) is 5.24 Å². The number of aryl methyl sites for hydroxylation is 1. The van der Waals surface area contributed by atoms with Crippen LogP contribution in [0.25, 0.3) is 11.1 Å². The van der Waals surface area contributed by atoms with Crippen LogP contribution in [-0.4, -0.2) is 5.24 Å². The molecule has 0 unspecified atom stereocenters. The van der Waals surface area contributed by atoms with Crippen molar-refractivity contribution < 1.29 is 18.0 Å². The van der Waals surface area contributed by atoms with E-state index in [4.69, 9.17) is 11.6 Å². The third-order valence-corrected chi connectivity index (χ3v) is 3.17. The predicted octanol–water partition coefficient (Wildman–Crippen LogP) is 5.06. The summed E-state index contributed by atoms with van der Waals surface area (Å²) in [4.78, 5) is 11.4. The van der Waals surface area contributed by atoms with Crippen molar-refractivity contribution in [3.05, 3.63) is 59.2 Å². The minimum atomic E-state index is -4.51. The van der Waals surface area contributed by atoms with E-state index < -0.39 is 17.0 Å². The lowest BCUT2D eigenvalue weighted by molar-refractivity contribution is -0.138. The Hall–Kier alpha value is -1.81. The van der Waals surface area contributed by atoms with Crippen LogP contribution in [0, 0.1) is 6.92 Å². The summed E-state index contributed by atoms with van der Waals surface area (Å²) in [6.45, 7) is 1.36. The van der Waals surface area contributed by atoms with Gasteiger partial charge in [-0.25, -0.2) is 0 Å². The Kier molecular flexibility index (Phi) is 3.86. The highest BCUT2D eigenvalue weighted by atomic mass is 35.5. The third-order valence-electron chi connectivity index (χ3n) is 2.97. The maximum atomic E-state index is 12.9. The van der Waals surface area contributed by atoms with Crippen molar-refractivity contribution in [2.45, 2.75) is 13.1 Å². The predicted molar refractivity (Wildman–Crippen MR) is 71.8 cm³/mol. The molecule has 0 N–H and O–H groups in total. The molecule has 0 amide bonds. The van der Waals surface area contributed by atoms with Crippen molar-refractivity contribution in [2.24, 2.45) is 0 Å². The second kappa shape index (κ2) is 5.29. The zero-order valence-electron chi connectivity index (χ0n) is 10.5. The summed E-state index contributed by atoms with van der Waals surface area (Å²) in [5.74, 6) is 0. The number of rotatable bonds is 2. The first-order chi connectivity index (χ1) is 9.30. The average Bonchev–Trinajstić information content (AvgIpc) is 2.37. The van der Waals surface area contributed by atoms with Gasteiger partial charge in [0, 0.05) is 5.56 Å². The van der Waals surface area contributed by atoms with Crippen LogP contribution in [0.2, 0.25) is 0 Å². The van der Waals surface area contributed by atoms with E-state index in [-0.39, 0.29) is 11.1 Å². The van der Waals surface area contributed by atoms with Gasteiger partial charge in [-0.3, -0.25) is 4.79 Å². The molecule has 2 aromatic carbocycles. The van der Waals surface area contributed by atoms with Gasteiger partial charge in [-0.1, -0.05) is 36.4 Å². The van der Waals surface area contributed by atoms with Crippen molar-refractivity contribution in [1.82, 2.24) is 0 Å². The summed E-state index contributed by atoms with van der Waals surface area (Å²) in [7, 11) is 0. The van der Waals surface area contributed by atoms with Gasteiger partial charge >= 0.3 is 6.18 Å². The highest BCUT2D eigenvalue weighted by Crippen LogP contribution is 2.36. The summed E-state index contributed by atoms with van der Waals surface area (Å²) in [6, 6.07) is 10.8. The first-order valence-corrected chi connectivity index (χ1v) is 6.15. The largest absolute Gasteiger partial charge is 0.416 e. The minimum absolute atomic E-state index is 0.0537. The van der Waals surface area contributed by atoms with Gasteiger partial charge in [-0.2, -0.15) is 13.2 Å². The van der Waals surface area contributed by atoms with E-state index in [1.54, 1.807) is 30.3 Å². The van der Waals surface area contributed by atoms with E-state index in [9.17, 15) is 18.0 Å². The fourth-order valence-corrected chi connectivity index (χ4v) is 2.19. The number of hydrogen-bond acceptors (Lipinski definition) is 1. The maximum absolute atomic E-state index is 12.9. The zero-order valence-corrected chi connectivity index (χ0v) is 11.2. The molecule has 0 atom stereocenters. The van der Waals surface area contributed by atoms with Crippen LogP contribution in [0.15, 0.2) is 42.5 Å². The number of alkyl halides is 3. The van der Waals surface area contributed by atoms with Gasteiger partial charge < -0.3 is 0 Å². The van der Waals surface area contributed by atoms with Crippen LogP contribution in [-0.2, 0) is 6.18 Å². The lowest BCUT2D eigenvalue weighted by atomic mass is 9.94. The Bertz CT molecular complexity index is 648. The molecule has 0 saturated carbocycles. The molecule has 0 aromatic heterocycles. The molecule has 0 fully saturated rings. The van der Waals surface area contributed by atoms with Crippen LogP contribution < -0.4 is 0 Å². The molecule has 0 saturated heterocycles. The third kappa shape index (κ3) is 2.85. The molecule has 20 heavy (non-hydrogen) atoms. The second-order valence-corrected chi connectivity index (χ2v) is 4.69. The summed E-state index contributed by atoms with van der Waals surface area (Å²) >= 11 is 5.43. The smallest absolute Gasteiger partial charge is 0.276 e. The minimum Gasteiger partial charge on any atom is -0.276 e. The Morgan fingerprint density at radius 1 is 1.10 bits per heavy atom. The second-order valence-electron chi connectivity index (χ2n) is 4.35. The molecule has 104 valence electrons. The van der Waals surface area contributed by atoms with Crippen molar-refractivity contribution in [3.63, 3.8) is 0 Å². The fraction of sp³-hybridized carbons (Fsp3) is 0.133.